The van der Waals surface area contributed by atoms with E-state index in [0.717, 1.165) is 25.8 Å². The summed E-state index contributed by atoms with van der Waals surface area (Å²) in [6.45, 7) is 3.67. The van der Waals surface area contributed by atoms with Gasteiger partial charge in [-0.15, -0.1) is 0 Å². The van der Waals surface area contributed by atoms with Crippen LogP contribution >= 0.6 is 31.9 Å². The Morgan fingerprint density at radius 3 is 2.37 bits per heavy atom. The fourth-order valence-corrected chi connectivity index (χ4v) is 3.79. The Bertz CT molecular complexity index is 1080. The lowest BCUT2D eigenvalue weighted by molar-refractivity contribution is -0.136. The number of amides is 1. The summed E-state index contributed by atoms with van der Waals surface area (Å²) in [6.07, 6.45) is 0. The number of esters is 1. The number of carbonyl (C=O) groups excluding carboxylic acids is 2. The first-order chi connectivity index (χ1) is 14.3. The predicted molar refractivity (Wildman–Crippen MR) is 123 cm³/mol. The minimum absolute atomic E-state index is 0.231. The molecular formula is C23H19Br2NO4. The van der Waals surface area contributed by atoms with Crippen molar-refractivity contribution < 1.29 is 19.1 Å². The summed E-state index contributed by atoms with van der Waals surface area (Å²) >= 11 is 6.73. The van der Waals surface area contributed by atoms with E-state index in [0.29, 0.717) is 17.1 Å². The number of halogens is 2. The van der Waals surface area contributed by atoms with Gasteiger partial charge in [-0.25, -0.2) is 4.79 Å². The number of hydrogen-bond donors (Lipinski definition) is 1. The summed E-state index contributed by atoms with van der Waals surface area (Å²) in [5.74, 6) is 0.0952. The Labute approximate surface area is 191 Å². The Balaban J connectivity index is 1.56. The second kappa shape index (κ2) is 9.91. The van der Waals surface area contributed by atoms with E-state index in [9.17, 15) is 9.59 Å². The lowest BCUT2D eigenvalue weighted by Gasteiger charge is -2.10. The average molecular weight is 533 g/mol. The van der Waals surface area contributed by atoms with Crippen LogP contribution in [-0.4, -0.2) is 18.5 Å². The van der Waals surface area contributed by atoms with Crippen molar-refractivity contribution in [3.05, 3.63) is 86.3 Å². The molecule has 0 saturated heterocycles. The van der Waals surface area contributed by atoms with Gasteiger partial charge >= 0.3 is 5.97 Å². The summed E-state index contributed by atoms with van der Waals surface area (Å²) in [4.78, 5) is 24.5. The Hall–Kier alpha value is -2.64. The van der Waals surface area contributed by atoms with Crippen molar-refractivity contribution in [2.75, 3.05) is 11.9 Å². The monoisotopic (exact) mass is 531 g/mol. The van der Waals surface area contributed by atoms with Crippen molar-refractivity contribution in [2.45, 2.75) is 13.8 Å². The number of hydrogen-bond acceptors (Lipinski definition) is 4. The van der Waals surface area contributed by atoms with Crippen LogP contribution in [-0.2, 0) is 4.79 Å². The minimum Gasteiger partial charge on any atom is -0.481 e. The molecule has 0 spiro atoms. The van der Waals surface area contributed by atoms with Gasteiger partial charge in [-0.05, 0) is 89.4 Å². The van der Waals surface area contributed by atoms with E-state index in [-0.39, 0.29) is 12.5 Å². The highest BCUT2D eigenvalue weighted by molar-refractivity contribution is 9.11. The number of nitrogens with one attached hydrogen (secondary N) is 1. The molecule has 1 N–H and O–H groups in total. The van der Waals surface area contributed by atoms with Gasteiger partial charge in [0.15, 0.2) is 6.61 Å². The maximum Gasteiger partial charge on any atom is 0.349 e. The van der Waals surface area contributed by atoms with E-state index >= 15 is 0 Å². The zero-order valence-corrected chi connectivity index (χ0v) is 19.5. The molecule has 0 saturated carbocycles. The zero-order chi connectivity index (χ0) is 21.7. The number of carbonyl (C=O) groups is 2. The molecular weight excluding hydrogens is 514 g/mol. The summed E-state index contributed by atoms with van der Waals surface area (Å²) in [5, 5.41) is 2.90. The molecule has 0 radical (unpaired) electrons. The van der Waals surface area contributed by atoms with Crippen LogP contribution in [0.3, 0.4) is 0 Å². The normalized spacial score (nSPS) is 10.4. The first-order valence-corrected chi connectivity index (χ1v) is 10.7. The van der Waals surface area contributed by atoms with Gasteiger partial charge in [0.05, 0.1) is 4.47 Å². The van der Waals surface area contributed by atoms with Crippen molar-refractivity contribution in [1.29, 1.82) is 0 Å². The SMILES string of the molecule is Cc1ccc(C)c(NC(=O)c2ccc(OC(=O)COc3ccc(Br)cc3Br)cc2)c1. The molecule has 1 amide bonds. The first-order valence-electron chi connectivity index (χ1n) is 9.09. The second-order valence-electron chi connectivity index (χ2n) is 6.63. The molecule has 0 aliphatic carbocycles. The van der Waals surface area contributed by atoms with E-state index < -0.39 is 5.97 Å². The van der Waals surface area contributed by atoms with Gasteiger partial charge in [-0.1, -0.05) is 28.1 Å². The lowest BCUT2D eigenvalue weighted by atomic mass is 10.1. The van der Waals surface area contributed by atoms with Gasteiger partial charge in [0, 0.05) is 15.7 Å². The number of anilines is 1. The maximum absolute atomic E-state index is 12.5. The van der Waals surface area contributed by atoms with Gasteiger partial charge in [-0.3, -0.25) is 4.79 Å². The Kier molecular flexibility index (Phi) is 7.29. The van der Waals surface area contributed by atoms with Crippen molar-refractivity contribution in [3.63, 3.8) is 0 Å². The van der Waals surface area contributed by atoms with Crippen LogP contribution in [0.1, 0.15) is 21.5 Å². The molecule has 0 aromatic heterocycles. The van der Waals surface area contributed by atoms with E-state index in [4.69, 9.17) is 9.47 Å². The summed E-state index contributed by atoms with van der Waals surface area (Å²) in [6, 6.07) is 17.6. The molecule has 0 aliphatic heterocycles. The van der Waals surface area contributed by atoms with Gasteiger partial charge in [0.1, 0.15) is 11.5 Å². The Morgan fingerprint density at radius 1 is 0.933 bits per heavy atom. The highest BCUT2D eigenvalue weighted by Gasteiger charge is 2.11. The van der Waals surface area contributed by atoms with Crippen molar-refractivity contribution in [2.24, 2.45) is 0 Å². The first kappa shape index (κ1) is 22.1. The highest BCUT2D eigenvalue weighted by atomic mass is 79.9. The number of aryl methyl sites for hydroxylation is 2. The van der Waals surface area contributed by atoms with Crippen LogP contribution in [0.25, 0.3) is 0 Å². The summed E-state index contributed by atoms with van der Waals surface area (Å²) < 4.78 is 12.4. The molecule has 0 bridgehead atoms. The van der Waals surface area contributed by atoms with Crippen molar-refractivity contribution in [1.82, 2.24) is 0 Å². The minimum atomic E-state index is -0.544. The third-order valence-corrected chi connectivity index (χ3v) is 5.34. The molecule has 0 atom stereocenters. The number of ether oxygens (including phenoxy) is 2. The lowest BCUT2D eigenvalue weighted by Crippen LogP contribution is -2.18. The average Bonchev–Trinajstić information content (AvgIpc) is 2.70. The fourth-order valence-electron chi connectivity index (χ4n) is 2.63. The van der Waals surface area contributed by atoms with Gasteiger partial charge in [0.25, 0.3) is 5.91 Å². The molecule has 7 heteroatoms. The quantitative estimate of drug-likeness (QED) is 0.309. The number of benzene rings is 3. The van der Waals surface area contributed by atoms with Crippen LogP contribution in [0.4, 0.5) is 5.69 Å². The molecule has 154 valence electrons. The third-order valence-electron chi connectivity index (χ3n) is 4.23. The van der Waals surface area contributed by atoms with Crippen LogP contribution in [0, 0.1) is 13.8 Å². The molecule has 0 heterocycles. The molecule has 3 aromatic carbocycles. The van der Waals surface area contributed by atoms with Crippen LogP contribution < -0.4 is 14.8 Å². The molecule has 30 heavy (non-hydrogen) atoms. The Morgan fingerprint density at radius 2 is 1.67 bits per heavy atom. The van der Waals surface area contributed by atoms with E-state index in [2.05, 4.69) is 37.2 Å². The zero-order valence-electron chi connectivity index (χ0n) is 16.4. The highest BCUT2D eigenvalue weighted by Crippen LogP contribution is 2.28. The maximum atomic E-state index is 12.5. The largest absolute Gasteiger partial charge is 0.481 e. The molecule has 5 nitrogen and oxygen atoms in total. The fraction of sp³-hybridized carbons (Fsp3) is 0.130. The summed E-state index contributed by atoms with van der Waals surface area (Å²) in [5.41, 5.74) is 3.28. The topological polar surface area (TPSA) is 64.6 Å². The van der Waals surface area contributed by atoms with Gasteiger partial charge in [-0.2, -0.15) is 0 Å². The van der Waals surface area contributed by atoms with Crippen molar-refractivity contribution >= 4 is 49.4 Å². The van der Waals surface area contributed by atoms with Gasteiger partial charge < -0.3 is 14.8 Å². The molecule has 0 fully saturated rings. The third kappa shape index (κ3) is 5.93. The number of rotatable bonds is 6. The van der Waals surface area contributed by atoms with Crippen LogP contribution in [0.5, 0.6) is 11.5 Å². The van der Waals surface area contributed by atoms with Crippen LogP contribution in [0.2, 0.25) is 0 Å². The molecule has 3 aromatic rings. The standard InChI is InChI=1S/C23H19Br2NO4/c1-14-3-4-15(2)20(11-14)26-23(28)16-5-8-18(9-6-16)30-22(27)13-29-21-10-7-17(24)12-19(21)25/h3-12H,13H2,1-2H3,(H,26,28). The van der Waals surface area contributed by atoms with Crippen LogP contribution in [0.15, 0.2) is 69.6 Å². The molecule has 3 rings (SSSR count). The van der Waals surface area contributed by atoms with Crippen molar-refractivity contribution in [3.8, 4) is 11.5 Å². The van der Waals surface area contributed by atoms with E-state index in [1.165, 1.54) is 0 Å². The molecule has 0 unspecified atom stereocenters. The van der Waals surface area contributed by atoms with E-state index in [1.54, 1.807) is 30.3 Å². The smallest absolute Gasteiger partial charge is 0.349 e. The summed E-state index contributed by atoms with van der Waals surface area (Å²) in [7, 11) is 0. The van der Waals surface area contributed by atoms with Gasteiger partial charge in [0.2, 0.25) is 0 Å². The predicted octanol–water partition coefficient (Wildman–Crippen LogP) is 6.07. The molecule has 0 aliphatic rings. The second-order valence-corrected chi connectivity index (χ2v) is 8.40. The van der Waals surface area contributed by atoms with E-state index in [1.807, 2.05) is 44.2 Å².